The van der Waals surface area contributed by atoms with Gasteiger partial charge in [0.25, 0.3) is 5.91 Å². The summed E-state index contributed by atoms with van der Waals surface area (Å²) < 4.78 is 0. The maximum Gasteiger partial charge on any atom is 0.254 e. The molecule has 2 N–H and O–H groups in total. The molecular weight excluding hydrogens is 258 g/mol. The number of carbonyl (C=O) groups is 1. The molecule has 1 unspecified atom stereocenters. The Morgan fingerprint density at radius 2 is 2.53 bits per heavy atom. The van der Waals surface area contributed by atoms with Crippen LogP contribution < -0.4 is 5.32 Å². The van der Waals surface area contributed by atoms with Gasteiger partial charge in [0.15, 0.2) is 0 Å². The second-order valence-corrected chi connectivity index (χ2v) is 4.24. The highest BCUT2D eigenvalue weighted by Crippen LogP contribution is 2.08. The van der Waals surface area contributed by atoms with Gasteiger partial charge in [0, 0.05) is 18.1 Å². The number of halogens is 1. The molecule has 0 bridgehead atoms. The van der Waals surface area contributed by atoms with Crippen LogP contribution in [-0.4, -0.2) is 28.0 Å². The highest BCUT2D eigenvalue weighted by molar-refractivity contribution is 9.09. The summed E-state index contributed by atoms with van der Waals surface area (Å²) in [6.45, 7) is 2.86. The minimum absolute atomic E-state index is 0.0585. The van der Waals surface area contributed by atoms with Gasteiger partial charge < -0.3 is 5.32 Å². The molecule has 1 heterocycles. The number of hydrogen-bond donors (Lipinski definition) is 2. The molecule has 0 aliphatic heterocycles. The molecule has 1 atom stereocenters. The Labute approximate surface area is 98.0 Å². The van der Waals surface area contributed by atoms with E-state index >= 15 is 0 Å². The minimum Gasteiger partial charge on any atom is -0.352 e. The van der Waals surface area contributed by atoms with Crippen molar-refractivity contribution in [1.82, 2.24) is 15.5 Å². The molecule has 1 amide bonds. The Balaban J connectivity index is 2.33. The fraction of sp³-hybridized carbons (Fsp3) is 0.600. The van der Waals surface area contributed by atoms with Gasteiger partial charge in [-0.05, 0) is 12.3 Å². The topological polar surface area (TPSA) is 57.8 Å². The molecule has 0 aliphatic carbocycles. The molecule has 0 saturated carbocycles. The predicted octanol–water partition coefficient (Wildman–Crippen LogP) is 1.95. The summed E-state index contributed by atoms with van der Waals surface area (Å²) in [4.78, 5) is 11.5. The Hall–Kier alpha value is -0.840. The van der Waals surface area contributed by atoms with Crippen molar-refractivity contribution >= 4 is 21.8 Å². The average molecular weight is 274 g/mol. The Morgan fingerprint density at radius 3 is 3.07 bits per heavy atom. The maximum atomic E-state index is 11.5. The zero-order valence-corrected chi connectivity index (χ0v) is 10.4. The third kappa shape index (κ3) is 4.03. The number of carbonyl (C=O) groups excluding carboxylic acids is 1. The molecule has 0 fully saturated rings. The monoisotopic (exact) mass is 273 g/mol. The number of nitrogens with one attached hydrogen (secondary N) is 2. The van der Waals surface area contributed by atoms with E-state index in [0.29, 0.717) is 11.5 Å². The van der Waals surface area contributed by atoms with Crippen LogP contribution in [0.3, 0.4) is 0 Å². The molecule has 15 heavy (non-hydrogen) atoms. The summed E-state index contributed by atoms with van der Waals surface area (Å²) >= 11 is 3.41. The van der Waals surface area contributed by atoms with Gasteiger partial charge in [0.1, 0.15) is 0 Å². The van der Waals surface area contributed by atoms with E-state index in [1.54, 1.807) is 6.20 Å². The van der Waals surface area contributed by atoms with Crippen molar-refractivity contribution in [3.63, 3.8) is 0 Å². The maximum absolute atomic E-state index is 11.5. The van der Waals surface area contributed by atoms with E-state index in [9.17, 15) is 4.79 Å². The molecule has 1 aromatic rings. The zero-order chi connectivity index (χ0) is 11.1. The fourth-order valence-electron chi connectivity index (χ4n) is 1.32. The van der Waals surface area contributed by atoms with E-state index in [-0.39, 0.29) is 5.91 Å². The molecule has 5 heteroatoms. The molecule has 1 rings (SSSR count). The number of aromatic amines is 1. The number of alkyl halides is 1. The van der Waals surface area contributed by atoms with Crippen LogP contribution >= 0.6 is 15.9 Å². The normalized spacial score (nSPS) is 12.4. The summed E-state index contributed by atoms with van der Waals surface area (Å²) in [5.74, 6) is 0.483. The van der Waals surface area contributed by atoms with Crippen LogP contribution in [0.4, 0.5) is 0 Å². The lowest BCUT2D eigenvalue weighted by molar-refractivity contribution is 0.0946. The first-order valence-electron chi connectivity index (χ1n) is 5.10. The van der Waals surface area contributed by atoms with Gasteiger partial charge in [-0.1, -0.05) is 29.3 Å². The number of hydrogen-bond acceptors (Lipinski definition) is 2. The first kappa shape index (κ1) is 12.2. The van der Waals surface area contributed by atoms with E-state index < -0.39 is 0 Å². The molecule has 0 aromatic carbocycles. The fourth-order valence-corrected chi connectivity index (χ4v) is 1.97. The summed E-state index contributed by atoms with van der Waals surface area (Å²) in [5, 5.41) is 10.2. The molecule has 0 spiro atoms. The lowest BCUT2D eigenvalue weighted by Gasteiger charge is -2.13. The van der Waals surface area contributed by atoms with Crippen molar-refractivity contribution in [3.05, 3.63) is 18.0 Å². The van der Waals surface area contributed by atoms with Gasteiger partial charge in [-0.15, -0.1) is 0 Å². The van der Waals surface area contributed by atoms with Gasteiger partial charge in [0.2, 0.25) is 0 Å². The first-order valence-corrected chi connectivity index (χ1v) is 6.23. The van der Waals surface area contributed by atoms with Crippen molar-refractivity contribution in [2.24, 2.45) is 5.92 Å². The van der Waals surface area contributed by atoms with E-state index in [1.807, 2.05) is 0 Å². The first-order chi connectivity index (χ1) is 7.27. The number of rotatable bonds is 6. The van der Waals surface area contributed by atoms with Gasteiger partial charge in [-0.3, -0.25) is 9.89 Å². The van der Waals surface area contributed by atoms with Crippen LogP contribution in [0.1, 0.15) is 30.1 Å². The Morgan fingerprint density at radius 1 is 1.73 bits per heavy atom. The zero-order valence-electron chi connectivity index (χ0n) is 8.79. The minimum atomic E-state index is -0.0585. The van der Waals surface area contributed by atoms with E-state index in [0.717, 1.165) is 24.7 Å². The van der Waals surface area contributed by atoms with Crippen LogP contribution in [0, 0.1) is 5.92 Å². The number of H-pyrrole nitrogens is 1. The number of aromatic nitrogens is 2. The van der Waals surface area contributed by atoms with Crippen LogP contribution in [0.25, 0.3) is 0 Å². The van der Waals surface area contributed by atoms with Gasteiger partial charge in [-0.25, -0.2) is 0 Å². The van der Waals surface area contributed by atoms with E-state index in [2.05, 4.69) is 38.4 Å². The lowest BCUT2D eigenvalue weighted by Crippen LogP contribution is -2.29. The summed E-state index contributed by atoms with van der Waals surface area (Å²) in [7, 11) is 0. The Bertz CT molecular complexity index is 287. The lowest BCUT2D eigenvalue weighted by atomic mass is 10.0. The summed E-state index contributed by atoms with van der Waals surface area (Å²) in [6, 6.07) is 0. The van der Waals surface area contributed by atoms with Gasteiger partial charge in [0.05, 0.1) is 11.8 Å². The van der Waals surface area contributed by atoms with Crippen molar-refractivity contribution in [3.8, 4) is 0 Å². The smallest absolute Gasteiger partial charge is 0.254 e. The van der Waals surface area contributed by atoms with Crippen molar-refractivity contribution in [2.45, 2.75) is 19.8 Å². The molecule has 84 valence electrons. The van der Waals surface area contributed by atoms with Crippen molar-refractivity contribution < 1.29 is 4.79 Å². The molecule has 0 radical (unpaired) electrons. The quantitative estimate of drug-likeness (QED) is 0.779. The molecular formula is C10H16BrN3O. The Kier molecular flexibility index (Phi) is 5.39. The second-order valence-electron chi connectivity index (χ2n) is 3.45. The number of nitrogens with zero attached hydrogens (tertiary/aromatic N) is 1. The van der Waals surface area contributed by atoms with Crippen molar-refractivity contribution in [2.75, 3.05) is 11.9 Å². The molecule has 0 saturated heterocycles. The van der Waals surface area contributed by atoms with Gasteiger partial charge in [-0.2, -0.15) is 5.10 Å². The average Bonchev–Trinajstić information content (AvgIpc) is 2.77. The molecule has 4 nitrogen and oxygen atoms in total. The van der Waals surface area contributed by atoms with Crippen LogP contribution in [0.2, 0.25) is 0 Å². The standard InChI is InChI=1S/C10H16BrN3O/c1-2-8(3-4-11)5-12-10(15)9-6-13-14-7-9/h6-8H,2-5H2,1H3,(H,12,15)(H,13,14). The predicted molar refractivity (Wildman–Crippen MR) is 63.1 cm³/mol. The molecule has 1 aromatic heterocycles. The van der Waals surface area contributed by atoms with Crippen LogP contribution in [0.5, 0.6) is 0 Å². The van der Waals surface area contributed by atoms with Gasteiger partial charge >= 0.3 is 0 Å². The van der Waals surface area contributed by atoms with Crippen LogP contribution in [0.15, 0.2) is 12.4 Å². The summed E-state index contributed by atoms with van der Waals surface area (Å²) in [6.07, 6.45) is 5.29. The third-order valence-electron chi connectivity index (χ3n) is 2.41. The van der Waals surface area contributed by atoms with Crippen molar-refractivity contribution in [1.29, 1.82) is 0 Å². The highest BCUT2D eigenvalue weighted by Gasteiger charge is 2.09. The van der Waals surface area contributed by atoms with E-state index in [1.165, 1.54) is 6.20 Å². The largest absolute Gasteiger partial charge is 0.352 e. The molecule has 0 aliphatic rings. The summed E-state index contributed by atoms with van der Waals surface area (Å²) in [5.41, 5.74) is 0.587. The second kappa shape index (κ2) is 6.61. The van der Waals surface area contributed by atoms with E-state index in [4.69, 9.17) is 0 Å². The third-order valence-corrected chi connectivity index (χ3v) is 2.86. The SMILES string of the molecule is CCC(CCBr)CNC(=O)c1cn[nH]c1. The highest BCUT2D eigenvalue weighted by atomic mass is 79.9. The number of amides is 1. The van der Waals surface area contributed by atoms with Crippen LogP contribution in [-0.2, 0) is 0 Å².